The fourth-order valence-corrected chi connectivity index (χ4v) is 4.72. The quantitative estimate of drug-likeness (QED) is 0.496. The summed E-state index contributed by atoms with van der Waals surface area (Å²) in [6.07, 6.45) is 4.56. The Labute approximate surface area is 176 Å². The minimum atomic E-state index is -1.03. The molecule has 7 nitrogen and oxygen atoms in total. The Hall–Kier alpha value is -3.39. The van der Waals surface area contributed by atoms with E-state index in [1.165, 1.54) is 17.2 Å². The molecule has 0 atom stereocenters. The SMILES string of the molecule is O=C(O)c1cccc(Cc2nnc(Nc3nc4ccccc4s3)c3c2CCCC3)n1. The minimum absolute atomic E-state index is 0.0449. The third-order valence-electron chi connectivity index (χ3n) is 5.27. The van der Waals surface area contributed by atoms with Crippen molar-refractivity contribution >= 4 is 38.5 Å². The number of rotatable bonds is 5. The van der Waals surface area contributed by atoms with E-state index in [0.29, 0.717) is 12.1 Å². The molecule has 0 spiro atoms. The molecule has 8 heteroatoms. The summed E-state index contributed by atoms with van der Waals surface area (Å²) < 4.78 is 1.13. The number of pyridine rings is 1. The van der Waals surface area contributed by atoms with Crippen molar-refractivity contribution in [2.75, 3.05) is 5.32 Å². The first kappa shape index (κ1) is 18.6. The van der Waals surface area contributed by atoms with Crippen molar-refractivity contribution in [2.45, 2.75) is 32.1 Å². The minimum Gasteiger partial charge on any atom is -0.477 e. The lowest BCUT2D eigenvalue weighted by atomic mass is 9.90. The number of aromatic carboxylic acids is 1. The van der Waals surface area contributed by atoms with E-state index in [9.17, 15) is 9.90 Å². The van der Waals surface area contributed by atoms with Crippen molar-refractivity contribution in [3.63, 3.8) is 0 Å². The third kappa shape index (κ3) is 3.61. The molecule has 0 bridgehead atoms. The van der Waals surface area contributed by atoms with Crippen LogP contribution in [0.15, 0.2) is 42.5 Å². The topological polar surface area (TPSA) is 101 Å². The van der Waals surface area contributed by atoms with Crippen LogP contribution in [0.5, 0.6) is 0 Å². The van der Waals surface area contributed by atoms with Gasteiger partial charge in [0.2, 0.25) is 0 Å². The molecule has 0 saturated carbocycles. The van der Waals surface area contributed by atoms with Gasteiger partial charge in [0.05, 0.1) is 15.9 Å². The zero-order chi connectivity index (χ0) is 20.5. The molecule has 4 aromatic rings. The van der Waals surface area contributed by atoms with E-state index >= 15 is 0 Å². The van der Waals surface area contributed by atoms with Crippen molar-refractivity contribution in [1.29, 1.82) is 0 Å². The van der Waals surface area contributed by atoms with E-state index < -0.39 is 5.97 Å². The molecule has 150 valence electrons. The van der Waals surface area contributed by atoms with Gasteiger partial charge >= 0.3 is 5.97 Å². The van der Waals surface area contributed by atoms with Crippen molar-refractivity contribution in [3.8, 4) is 0 Å². The lowest BCUT2D eigenvalue weighted by molar-refractivity contribution is 0.0690. The number of carboxylic acid groups (broad SMARTS) is 1. The number of carboxylic acids is 1. The van der Waals surface area contributed by atoms with Crippen LogP contribution in [0.4, 0.5) is 10.9 Å². The van der Waals surface area contributed by atoms with Gasteiger partial charge in [0.15, 0.2) is 10.9 Å². The fraction of sp³-hybridized carbons (Fsp3) is 0.227. The van der Waals surface area contributed by atoms with Crippen molar-refractivity contribution in [1.82, 2.24) is 20.2 Å². The van der Waals surface area contributed by atoms with Gasteiger partial charge in [-0.05, 0) is 55.5 Å². The monoisotopic (exact) mass is 417 g/mol. The number of para-hydroxylation sites is 1. The number of nitrogens with one attached hydrogen (secondary N) is 1. The summed E-state index contributed by atoms with van der Waals surface area (Å²) in [4.78, 5) is 20.1. The first-order valence-electron chi connectivity index (χ1n) is 9.86. The number of aromatic nitrogens is 4. The maximum absolute atomic E-state index is 11.2. The molecular formula is C22H19N5O2S. The predicted molar refractivity (Wildman–Crippen MR) is 116 cm³/mol. The van der Waals surface area contributed by atoms with Gasteiger partial charge in [-0.15, -0.1) is 5.10 Å². The standard InChI is InChI=1S/C22H19N5O2S/c28-21(29)17-10-5-6-13(23-17)12-18-14-7-1-2-8-15(14)20(27-26-18)25-22-24-16-9-3-4-11-19(16)30-22/h3-6,9-11H,1-2,7-8,12H2,(H,28,29)(H,24,25,27). The van der Waals surface area contributed by atoms with E-state index in [-0.39, 0.29) is 5.69 Å². The molecule has 0 fully saturated rings. The van der Waals surface area contributed by atoms with Gasteiger partial charge in [-0.3, -0.25) is 0 Å². The van der Waals surface area contributed by atoms with Crippen LogP contribution in [0, 0.1) is 0 Å². The molecule has 1 aliphatic rings. The van der Waals surface area contributed by atoms with Gasteiger partial charge in [-0.2, -0.15) is 5.10 Å². The van der Waals surface area contributed by atoms with Crippen LogP contribution >= 0.6 is 11.3 Å². The molecular weight excluding hydrogens is 398 g/mol. The molecule has 3 aromatic heterocycles. The van der Waals surface area contributed by atoms with Crippen LogP contribution in [0.2, 0.25) is 0 Å². The Morgan fingerprint density at radius 3 is 2.67 bits per heavy atom. The number of carbonyl (C=O) groups is 1. The Kier molecular flexibility index (Phi) is 4.84. The van der Waals surface area contributed by atoms with Gasteiger partial charge in [0.25, 0.3) is 0 Å². The Morgan fingerprint density at radius 1 is 1.00 bits per heavy atom. The predicted octanol–water partition coefficient (Wildman–Crippen LogP) is 4.39. The number of hydrogen-bond donors (Lipinski definition) is 2. The summed E-state index contributed by atoms with van der Waals surface area (Å²) in [5.41, 5.74) is 4.94. The molecule has 3 heterocycles. The van der Waals surface area contributed by atoms with Gasteiger partial charge in [-0.1, -0.05) is 29.5 Å². The van der Waals surface area contributed by atoms with E-state index in [0.717, 1.165) is 52.5 Å². The molecule has 0 unspecified atom stereocenters. The highest BCUT2D eigenvalue weighted by atomic mass is 32.1. The summed E-state index contributed by atoms with van der Waals surface area (Å²) in [6, 6.07) is 13.1. The molecule has 30 heavy (non-hydrogen) atoms. The second kappa shape index (κ2) is 7.79. The third-order valence-corrected chi connectivity index (χ3v) is 6.22. The van der Waals surface area contributed by atoms with Crippen molar-refractivity contribution < 1.29 is 9.90 Å². The number of anilines is 2. The van der Waals surface area contributed by atoms with E-state index in [4.69, 9.17) is 0 Å². The summed E-state index contributed by atoms with van der Waals surface area (Å²) >= 11 is 1.60. The van der Waals surface area contributed by atoms with Gasteiger partial charge in [0, 0.05) is 17.7 Å². The average molecular weight is 417 g/mol. The maximum atomic E-state index is 11.2. The number of nitrogens with zero attached hydrogens (tertiary/aromatic N) is 4. The van der Waals surface area contributed by atoms with E-state index in [1.54, 1.807) is 17.4 Å². The smallest absolute Gasteiger partial charge is 0.354 e. The summed E-state index contributed by atoms with van der Waals surface area (Å²) in [5, 5.41) is 22.3. The van der Waals surface area contributed by atoms with Gasteiger partial charge < -0.3 is 10.4 Å². The lowest BCUT2D eigenvalue weighted by Gasteiger charge is -2.20. The Morgan fingerprint density at radius 2 is 1.83 bits per heavy atom. The van der Waals surface area contributed by atoms with Crippen LogP contribution in [0.1, 0.15) is 45.8 Å². The fourth-order valence-electron chi connectivity index (χ4n) is 3.85. The number of thiazole rings is 1. The highest BCUT2D eigenvalue weighted by Crippen LogP contribution is 2.33. The van der Waals surface area contributed by atoms with Crippen molar-refractivity contribution in [3.05, 3.63) is 70.7 Å². The lowest BCUT2D eigenvalue weighted by Crippen LogP contribution is -2.14. The van der Waals surface area contributed by atoms with Gasteiger partial charge in [-0.25, -0.2) is 14.8 Å². The molecule has 5 rings (SSSR count). The number of fused-ring (bicyclic) bond motifs is 2. The summed E-state index contributed by atoms with van der Waals surface area (Å²) in [6.45, 7) is 0. The second-order valence-corrected chi connectivity index (χ2v) is 8.30. The van der Waals surface area contributed by atoms with Crippen LogP contribution < -0.4 is 5.32 Å². The van der Waals surface area contributed by atoms with Gasteiger partial charge in [0.1, 0.15) is 5.69 Å². The van der Waals surface area contributed by atoms with E-state index in [1.807, 2.05) is 24.3 Å². The zero-order valence-electron chi connectivity index (χ0n) is 16.1. The first-order chi connectivity index (χ1) is 14.7. The molecule has 1 aliphatic carbocycles. The molecule has 0 radical (unpaired) electrons. The summed E-state index contributed by atoms with van der Waals surface area (Å²) in [5.74, 6) is -0.264. The molecule has 0 saturated heterocycles. The van der Waals surface area contributed by atoms with E-state index in [2.05, 4.69) is 31.5 Å². The highest BCUT2D eigenvalue weighted by molar-refractivity contribution is 7.22. The molecule has 1 aromatic carbocycles. The molecule has 0 amide bonds. The van der Waals surface area contributed by atoms with Crippen LogP contribution in [-0.2, 0) is 19.3 Å². The van der Waals surface area contributed by atoms with Crippen LogP contribution in [0.3, 0.4) is 0 Å². The zero-order valence-corrected chi connectivity index (χ0v) is 16.9. The normalized spacial score (nSPS) is 13.2. The Balaban J connectivity index is 1.47. The second-order valence-electron chi connectivity index (χ2n) is 7.27. The average Bonchev–Trinajstić information content (AvgIpc) is 3.18. The van der Waals surface area contributed by atoms with Crippen LogP contribution in [-0.4, -0.2) is 31.2 Å². The maximum Gasteiger partial charge on any atom is 0.354 e. The largest absolute Gasteiger partial charge is 0.477 e. The molecule has 2 N–H and O–H groups in total. The Bertz CT molecular complexity index is 1220. The molecule has 0 aliphatic heterocycles. The summed E-state index contributed by atoms with van der Waals surface area (Å²) in [7, 11) is 0. The first-order valence-corrected chi connectivity index (χ1v) is 10.7. The number of hydrogen-bond acceptors (Lipinski definition) is 7. The number of benzene rings is 1. The van der Waals surface area contributed by atoms with Crippen LogP contribution in [0.25, 0.3) is 10.2 Å². The highest BCUT2D eigenvalue weighted by Gasteiger charge is 2.21. The van der Waals surface area contributed by atoms with Crippen molar-refractivity contribution in [2.24, 2.45) is 0 Å².